The highest BCUT2D eigenvalue weighted by Gasteiger charge is 2.27. The number of rotatable bonds is 5. The van der Waals surface area contributed by atoms with Crippen LogP contribution in [0.3, 0.4) is 0 Å². The normalized spacial score (nSPS) is 27.4. The molecule has 0 unspecified atom stereocenters. The van der Waals surface area contributed by atoms with Gasteiger partial charge in [-0.2, -0.15) is 13.2 Å². The summed E-state index contributed by atoms with van der Waals surface area (Å²) in [5.41, 5.74) is 5.54. The number of nitrogens with two attached hydrogens (primary N) is 1. The molecule has 84 valence electrons. The molecule has 0 aromatic carbocycles. The topological polar surface area (TPSA) is 47.3 Å². The van der Waals surface area contributed by atoms with Gasteiger partial charge in [-0.15, -0.1) is 0 Å². The van der Waals surface area contributed by atoms with Crippen LogP contribution in [0, 0.1) is 0 Å². The summed E-state index contributed by atoms with van der Waals surface area (Å²) in [6.45, 7) is -0.627. The third-order valence-corrected chi connectivity index (χ3v) is 2.12. The molecule has 0 heterocycles. The standard InChI is InChI=1S/C8H15F3N2O/c9-8(10,11)5-14-2-1-13-7-3-6(12)4-7/h6-7,13H,1-5,12H2. The van der Waals surface area contributed by atoms with Gasteiger partial charge in [-0.05, 0) is 12.8 Å². The van der Waals surface area contributed by atoms with Gasteiger partial charge >= 0.3 is 6.18 Å². The fraction of sp³-hybridized carbons (Fsp3) is 1.00. The fourth-order valence-electron chi connectivity index (χ4n) is 1.35. The van der Waals surface area contributed by atoms with Crippen LogP contribution in [0.25, 0.3) is 0 Å². The van der Waals surface area contributed by atoms with E-state index in [0.29, 0.717) is 12.6 Å². The van der Waals surface area contributed by atoms with Crippen molar-refractivity contribution in [2.24, 2.45) is 5.73 Å². The van der Waals surface area contributed by atoms with Gasteiger partial charge in [0.15, 0.2) is 0 Å². The minimum absolute atomic E-state index is 0.0885. The van der Waals surface area contributed by atoms with Crippen molar-refractivity contribution in [3.63, 3.8) is 0 Å². The highest BCUT2D eigenvalue weighted by molar-refractivity contribution is 4.87. The molecule has 0 aromatic rings. The molecular formula is C8H15F3N2O. The molecule has 3 nitrogen and oxygen atoms in total. The Morgan fingerprint density at radius 1 is 1.36 bits per heavy atom. The molecule has 14 heavy (non-hydrogen) atoms. The van der Waals surface area contributed by atoms with E-state index in [4.69, 9.17) is 5.73 Å². The molecule has 1 fully saturated rings. The molecule has 1 aliphatic carbocycles. The third-order valence-electron chi connectivity index (χ3n) is 2.12. The van der Waals surface area contributed by atoms with E-state index in [1.807, 2.05) is 0 Å². The summed E-state index contributed by atoms with van der Waals surface area (Å²) in [6.07, 6.45) is -2.42. The van der Waals surface area contributed by atoms with Crippen molar-refractivity contribution in [1.82, 2.24) is 5.32 Å². The van der Waals surface area contributed by atoms with Crippen molar-refractivity contribution < 1.29 is 17.9 Å². The van der Waals surface area contributed by atoms with Crippen LogP contribution in [0.5, 0.6) is 0 Å². The summed E-state index contributed by atoms with van der Waals surface area (Å²) in [6, 6.07) is 0.614. The van der Waals surface area contributed by atoms with E-state index in [1.165, 1.54) is 0 Å². The first-order valence-electron chi connectivity index (χ1n) is 4.61. The van der Waals surface area contributed by atoms with Crippen molar-refractivity contribution in [1.29, 1.82) is 0 Å². The molecule has 0 atom stereocenters. The molecular weight excluding hydrogens is 197 g/mol. The predicted molar refractivity (Wildman–Crippen MR) is 45.9 cm³/mol. The molecule has 1 saturated carbocycles. The first-order chi connectivity index (χ1) is 6.47. The second-order valence-electron chi connectivity index (χ2n) is 3.55. The maximum absolute atomic E-state index is 11.6. The third kappa shape index (κ3) is 4.78. The lowest BCUT2D eigenvalue weighted by atomic mass is 9.88. The molecule has 0 amide bonds. The monoisotopic (exact) mass is 212 g/mol. The van der Waals surface area contributed by atoms with Crippen molar-refractivity contribution in [2.45, 2.75) is 31.1 Å². The van der Waals surface area contributed by atoms with Crippen molar-refractivity contribution in [3.8, 4) is 0 Å². The van der Waals surface area contributed by atoms with E-state index < -0.39 is 12.8 Å². The molecule has 0 aliphatic heterocycles. The minimum Gasteiger partial charge on any atom is -0.371 e. The zero-order valence-corrected chi connectivity index (χ0v) is 7.81. The SMILES string of the molecule is NC1CC(NCCOCC(F)(F)F)C1. The van der Waals surface area contributed by atoms with E-state index in [9.17, 15) is 13.2 Å². The lowest BCUT2D eigenvalue weighted by Gasteiger charge is -2.33. The molecule has 0 aromatic heterocycles. The largest absolute Gasteiger partial charge is 0.411 e. The Morgan fingerprint density at radius 3 is 2.50 bits per heavy atom. The van der Waals surface area contributed by atoms with Crippen LogP contribution in [0.1, 0.15) is 12.8 Å². The summed E-state index contributed by atoms with van der Waals surface area (Å²) < 4.78 is 39.2. The van der Waals surface area contributed by atoms with Crippen LogP contribution in [-0.4, -0.2) is 38.0 Å². The van der Waals surface area contributed by atoms with E-state index in [1.54, 1.807) is 0 Å². The Bertz CT molecular complexity index is 168. The van der Waals surface area contributed by atoms with Gasteiger partial charge in [0.2, 0.25) is 0 Å². The number of nitrogens with one attached hydrogen (secondary N) is 1. The predicted octanol–water partition coefficient (Wildman–Crippen LogP) is 0.645. The number of halogens is 3. The maximum atomic E-state index is 11.6. The zero-order chi connectivity index (χ0) is 10.6. The van der Waals surface area contributed by atoms with Gasteiger partial charge in [-0.1, -0.05) is 0 Å². The van der Waals surface area contributed by atoms with E-state index >= 15 is 0 Å². The molecule has 6 heteroatoms. The van der Waals surface area contributed by atoms with E-state index in [2.05, 4.69) is 10.1 Å². The highest BCUT2D eigenvalue weighted by atomic mass is 19.4. The molecule has 1 aliphatic rings. The Kier molecular flexibility index (Phi) is 4.15. The Hall–Kier alpha value is -0.330. The van der Waals surface area contributed by atoms with Crippen LogP contribution >= 0.6 is 0 Å². The second-order valence-corrected chi connectivity index (χ2v) is 3.55. The average molecular weight is 212 g/mol. The molecule has 0 bridgehead atoms. The molecule has 3 N–H and O–H groups in total. The summed E-state index contributed by atoms with van der Waals surface area (Å²) in [5, 5.41) is 3.06. The maximum Gasteiger partial charge on any atom is 0.411 e. The van der Waals surface area contributed by atoms with Gasteiger partial charge in [0.05, 0.1) is 6.61 Å². The lowest BCUT2D eigenvalue weighted by Crippen LogP contribution is -2.49. The quantitative estimate of drug-likeness (QED) is 0.658. The number of alkyl halides is 3. The molecule has 0 spiro atoms. The summed E-state index contributed by atoms with van der Waals surface area (Å²) >= 11 is 0. The molecule has 0 saturated heterocycles. The minimum atomic E-state index is -4.22. The summed E-state index contributed by atoms with van der Waals surface area (Å²) in [5.74, 6) is 0. The first kappa shape index (κ1) is 11.7. The van der Waals surface area contributed by atoms with Crippen LogP contribution in [0.2, 0.25) is 0 Å². The number of hydrogen-bond donors (Lipinski definition) is 2. The van der Waals surface area contributed by atoms with Crippen LogP contribution in [0.15, 0.2) is 0 Å². The van der Waals surface area contributed by atoms with Gasteiger partial charge in [0.1, 0.15) is 6.61 Å². The van der Waals surface area contributed by atoms with Crippen molar-refractivity contribution >= 4 is 0 Å². The van der Waals surface area contributed by atoms with Crippen molar-refractivity contribution in [2.75, 3.05) is 19.8 Å². The van der Waals surface area contributed by atoms with Crippen LogP contribution < -0.4 is 11.1 Å². The number of hydrogen-bond acceptors (Lipinski definition) is 3. The Morgan fingerprint density at radius 2 is 2.00 bits per heavy atom. The molecule has 1 rings (SSSR count). The molecule has 0 radical (unpaired) electrons. The summed E-state index contributed by atoms with van der Waals surface area (Å²) in [7, 11) is 0. The Balaban J connectivity index is 1.85. The smallest absolute Gasteiger partial charge is 0.371 e. The van der Waals surface area contributed by atoms with E-state index in [0.717, 1.165) is 12.8 Å². The van der Waals surface area contributed by atoms with Gasteiger partial charge in [-0.25, -0.2) is 0 Å². The van der Waals surface area contributed by atoms with Gasteiger partial charge in [0.25, 0.3) is 0 Å². The first-order valence-corrected chi connectivity index (χ1v) is 4.61. The average Bonchev–Trinajstić information content (AvgIpc) is 1.98. The fourth-order valence-corrected chi connectivity index (χ4v) is 1.35. The van der Waals surface area contributed by atoms with Gasteiger partial charge in [0, 0.05) is 18.6 Å². The second kappa shape index (κ2) is 4.95. The Labute approximate surface area is 80.8 Å². The van der Waals surface area contributed by atoms with Gasteiger partial charge in [-0.3, -0.25) is 0 Å². The van der Waals surface area contributed by atoms with E-state index in [-0.39, 0.29) is 12.6 Å². The van der Waals surface area contributed by atoms with Crippen LogP contribution in [0.4, 0.5) is 13.2 Å². The van der Waals surface area contributed by atoms with Gasteiger partial charge < -0.3 is 15.8 Å². The van der Waals surface area contributed by atoms with Crippen LogP contribution in [-0.2, 0) is 4.74 Å². The highest BCUT2D eigenvalue weighted by Crippen LogP contribution is 2.17. The van der Waals surface area contributed by atoms with Crippen molar-refractivity contribution in [3.05, 3.63) is 0 Å². The number of ether oxygens (including phenoxy) is 1. The zero-order valence-electron chi connectivity index (χ0n) is 7.81. The summed E-state index contributed by atoms with van der Waals surface area (Å²) in [4.78, 5) is 0. The lowest BCUT2D eigenvalue weighted by molar-refractivity contribution is -0.173.